The minimum Gasteiger partial charge on any atom is -0.347 e. The Bertz CT molecular complexity index is 409. The van der Waals surface area contributed by atoms with E-state index in [1.54, 1.807) is 6.20 Å². The van der Waals surface area contributed by atoms with Crippen LogP contribution in [0.2, 0.25) is 0 Å². The smallest absolute Gasteiger partial charge is 0.214 e. The molecule has 6 nitrogen and oxygen atoms in total. The van der Waals surface area contributed by atoms with Gasteiger partial charge < -0.3 is 10.3 Å². The summed E-state index contributed by atoms with van der Waals surface area (Å²) in [4.78, 5) is 6.70. The Morgan fingerprint density at radius 2 is 2.19 bits per heavy atom. The van der Waals surface area contributed by atoms with Crippen molar-refractivity contribution >= 4 is 10.0 Å². The van der Waals surface area contributed by atoms with Crippen LogP contribution in [0.1, 0.15) is 18.5 Å². The second kappa shape index (κ2) is 4.94. The van der Waals surface area contributed by atoms with Crippen LogP contribution in [-0.4, -0.2) is 36.7 Å². The van der Waals surface area contributed by atoms with E-state index in [1.165, 1.54) is 6.33 Å². The molecular formula is C9H16N4O2S. The summed E-state index contributed by atoms with van der Waals surface area (Å²) in [5.74, 6) is 0. The molecule has 1 aromatic heterocycles. The van der Waals surface area contributed by atoms with Crippen LogP contribution in [-0.2, 0) is 16.6 Å². The van der Waals surface area contributed by atoms with Gasteiger partial charge in [0, 0.05) is 11.9 Å². The summed E-state index contributed by atoms with van der Waals surface area (Å²) in [5, 5.41) is 2.88. The number of nitrogens with one attached hydrogen (secondary N) is 3. The molecule has 0 bridgehead atoms. The molecule has 0 radical (unpaired) electrons. The first-order valence-corrected chi connectivity index (χ1v) is 6.89. The molecule has 0 aromatic carbocycles. The summed E-state index contributed by atoms with van der Waals surface area (Å²) in [7, 11) is -3.20. The van der Waals surface area contributed by atoms with E-state index in [2.05, 4.69) is 20.0 Å². The zero-order chi connectivity index (χ0) is 11.4. The summed E-state index contributed by atoms with van der Waals surface area (Å²) in [6.45, 7) is 1.83. The molecule has 16 heavy (non-hydrogen) atoms. The number of aromatic amines is 1. The monoisotopic (exact) mass is 244 g/mol. The van der Waals surface area contributed by atoms with Crippen molar-refractivity contribution in [1.29, 1.82) is 0 Å². The van der Waals surface area contributed by atoms with Crippen molar-refractivity contribution < 1.29 is 8.42 Å². The van der Waals surface area contributed by atoms with Gasteiger partial charge in [-0.05, 0) is 25.9 Å². The first kappa shape index (κ1) is 11.6. The third-order valence-electron chi connectivity index (χ3n) is 2.74. The van der Waals surface area contributed by atoms with Gasteiger partial charge in [0.2, 0.25) is 10.0 Å². The predicted octanol–water partition coefficient (Wildman–Crippen LogP) is -0.419. The standard InChI is InChI=1S/C9H16N4O2S/c14-16(15,9-1-3-10-4-2-9)13-6-8-5-11-7-12-8/h5,7,9-10,13H,1-4,6H2,(H,11,12). The maximum atomic E-state index is 11.9. The minimum atomic E-state index is -3.20. The number of nitrogens with zero attached hydrogens (tertiary/aromatic N) is 1. The number of sulfonamides is 1. The summed E-state index contributed by atoms with van der Waals surface area (Å²) < 4.78 is 26.4. The Balaban J connectivity index is 1.91. The lowest BCUT2D eigenvalue weighted by atomic mass is 10.2. The van der Waals surface area contributed by atoms with Gasteiger partial charge in [-0.2, -0.15) is 0 Å². The summed E-state index contributed by atoms with van der Waals surface area (Å²) in [6, 6.07) is 0. The lowest BCUT2D eigenvalue weighted by molar-refractivity contribution is 0.489. The van der Waals surface area contributed by atoms with E-state index in [9.17, 15) is 8.42 Å². The Labute approximate surface area is 94.9 Å². The molecule has 1 saturated heterocycles. The topological polar surface area (TPSA) is 86.9 Å². The van der Waals surface area contributed by atoms with Crippen molar-refractivity contribution in [1.82, 2.24) is 20.0 Å². The van der Waals surface area contributed by atoms with Crippen molar-refractivity contribution in [3.63, 3.8) is 0 Å². The van der Waals surface area contributed by atoms with Crippen LogP contribution >= 0.6 is 0 Å². The number of rotatable bonds is 4. The predicted molar refractivity (Wildman–Crippen MR) is 60.2 cm³/mol. The van der Waals surface area contributed by atoms with Gasteiger partial charge in [-0.1, -0.05) is 0 Å². The van der Waals surface area contributed by atoms with Crippen LogP contribution in [0.3, 0.4) is 0 Å². The van der Waals surface area contributed by atoms with E-state index in [0.29, 0.717) is 12.8 Å². The molecule has 0 amide bonds. The van der Waals surface area contributed by atoms with Gasteiger partial charge in [-0.25, -0.2) is 18.1 Å². The number of H-pyrrole nitrogens is 1. The molecule has 0 aliphatic carbocycles. The summed E-state index contributed by atoms with van der Waals surface area (Å²) >= 11 is 0. The lowest BCUT2D eigenvalue weighted by Crippen LogP contribution is -2.41. The van der Waals surface area contributed by atoms with Gasteiger partial charge in [0.15, 0.2) is 0 Å². The quantitative estimate of drug-likeness (QED) is 0.671. The average molecular weight is 244 g/mol. The van der Waals surface area contributed by atoms with Gasteiger partial charge >= 0.3 is 0 Å². The zero-order valence-electron chi connectivity index (χ0n) is 8.94. The first-order valence-electron chi connectivity index (χ1n) is 5.35. The number of aromatic nitrogens is 2. The molecule has 1 aliphatic heterocycles. The fourth-order valence-corrected chi connectivity index (χ4v) is 3.23. The summed E-state index contributed by atoms with van der Waals surface area (Å²) in [6.07, 6.45) is 4.51. The highest BCUT2D eigenvalue weighted by molar-refractivity contribution is 7.90. The molecule has 2 rings (SSSR count). The lowest BCUT2D eigenvalue weighted by Gasteiger charge is -2.22. The molecule has 0 saturated carbocycles. The van der Waals surface area contributed by atoms with Crippen molar-refractivity contribution in [2.45, 2.75) is 24.6 Å². The number of hydrogen-bond acceptors (Lipinski definition) is 4. The number of hydrogen-bond donors (Lipinski definition) is 3. The van der Waals surface area contributed by atoms with E-state index >= 15 is 0 Å². The Kier molecular flexibility index (Phi) is 3.57. The van der Waals surface area contributed by atoms with Crippen LogP contribution in [0, 0.1) is 0 Å². The molecule has 90 valence electrons. The fourth-order valence-electron chi connectivity index (χ4n) is 1.78. The van der Waals surface area contributed by atoms with Gasteiger partial charge in [-0.3, -0.25) is 0 Å². The molecule has 1 aliphatic rings. The normalized spacial score (nSPS) is 18.8. The zero-order valence-corrected chi connectivity index (χ0v) is 9.76. The van der Waals surface area contributed by atoms with Gasteiger partial charge in [0.05, 0.1) is 18.1 Å². The van der Waals surface area contributed by atoms with E-state index in [0.717, 1.165) is 18.8 Å². The maximum Gasteiger partial charge on any atom is 0.214 e. The van der Waals surface area contributed by atoms with Crippen LogP contribution in [0.15, 0.2) is 12.5 Å². The van der Waals surface area contributed by atoms with Gasteiger partial charge in [0.1, 0.15) is 0 Å². The van der Waals surface area contributed by atoms with Gasteiger partial charge in [-0.15, -0.1) is 0 Å². The van der Waals surface area contributed by atoms with E-state index in [4.69, 9.17) is 0 Å². The minimum absolute atomic E-state index is 0.267. The van der Waals surface area contributed by atoms with E-state index in [-0.39, 0.29) is 11.8 Å². The second-order valence-corrected chi connectivity index (χ2v) is 5.94. The van der Waals surface area contributed by atoms with Gasteiger partial charge in [0.25, 0.3) is 0 Å². The third kappa shape index (κ3) is 2.81. The van der Waals surface area contributed by atoms with Crippen LogP contribution in [0.5, 0.6) is 0 Å². The van der Waals surface area contributed by atoms with Crippen molar-refractivity contribution in [3.05, 3.63) is 18.2 Å². The SMILES string of the molecule is O=S(=O)(NCc1cnc[nH]1)C1CCNCC1. The molecule has 3 N–H and O–H groups in total. The van der Waals surface area contributed by atoms with E-state index in [1.807, 2.05) is 0 Å². The first-order chi connectivity index (χ1) is 7.68. The molecule has 0 spiro atoms. The molecular weight excluding hydrogens is 228 g/mol. The molecule has 0 unspecified atom stereocenters. The Morgan fingerprint density at radius 3 is 2.81 bits per heavy atom. The highest BCUT2D eigenvalue weighted by Crippen LogP contribution is 2.12. The fraction of sp³-hybridized carbons (Fsp3) is 0.667. The van der Waals surface area contributed by atoms with Crippen LogP contribution in [0.4, 0.5) is 0 Å². The van der Waals surface area contributed by atoms with Crippen LogP contribution in [0.25, 0.3) is 0 Å². The highest BCUT2D eigenvalue weighted by atomic mass is 32.2. The Hall–Kier alpha value is -0.920. The van der Waals surface area contributed by atoms with Crippen molar-refractivity contribution in [3.8, 4) is 0 Å². The molecule has 0 atom stereocenters. The van der Waals surface area contributed by atoms with Crippen molar-refractivity contribution in [2.75, 3.05) is 13.1 Å². The molecule has 1 fully saturated rings. The number of imidazole rings is 1. The third-order valence-corrected chi connectivity index (χ3v) is 4.64. The largest absolute Gasteiger partial charge is 0.347 e. The summed E-state index contributed by atoms with van der Waals surface area (Å²) in [5.41, 5.74) is 0.775. The highest BCUT2D eigenvalue weighted by Gasteiger charge is 2.26. The maximum absolute atomic E-state index is 11.9. The molecule has 2 heterocycles. The Morgan fingerprint density at radius 1 is 1.44 bits per heavy atom. The molecule has 7 heteroatoms. The second-order valence-electron chi connectivity index (χ2n) is 3.89. The van der Waals surface area contributed by atoms with E-state index < -0.39 is 10.0 Å². The number of piperidine rings is 1. The van der Waals surface area contributed by atoms with Crippen molar-refractivity contribution in [2.24, 2.45) is 0 Å². The average Bonchev–Trinajstić information content (AvgIpc) is 2.81. The molecule has 1 aromatic rings. The van der Waals surface area contributed by atoms with Crippen LogP contribution < -0.4 is 10.0 Å².